The van der Waals surface area contributed by atoms with E-state index in [1.807, 2.05) is 24.1 Å². The molecule has 0 radical (unpaired) electrons. The summed E-state index contributed by atoms with van der Waals surface area (Å²) in [5.74, 6) is -0.166. The van der Waals surface area contributed by atoms with Crippen LogP contribution in [0.2, 0.25) is 0 Å². The average Bonchev–Trinajstić information content (AvgIpc) is 2.40. The molecule has 1 saturated heterocycles. The Morgan fingerprint density at radius 2 is 2.28 bits per heavy atom. The number of rotatable bonds is 3. The van der Waals surface area contributed by atoms with Gasteiger partial charge < -0.3 is 4.90 Å². The van der Waals surface area contributed by atoms with E-state index >= 15 is 0 Å². The van der Waals surface area contributed by atoms with Crippen molar-refractivity contribution < 1.29 is 4.39 Å². The van der Waals surface area contributed by atoms with Crippen molar-refractivity contribution in [2.75, 3.05) is 31.6 Å². The first-order chi connectivity index (χ1) is 8.72. The minimum absolute atomic E-state index is 0.166. The Morgan fingerprint density at radius 1 is 1.50 bits per heavy atom. The number of nitrogens with zero attached hydrogens (tertiary/aromatic N) is 3. The van der Waals surface area contributed by atoms with Crippen LogP contribution in [0.3, 0.4) is 0 Å². The summed E-state index contributed by atoms with van der Waals surface area (Å²) in [6.07, 6.45) is 2.11. The lowest BCUT2D eigenvalue weighted by Crippen LogP contribution is -2.46. The standard InChI is InChI=1S/C14H18FN3/c1-17(10-8-16)12-5-4-9-18(11-12)14-7-3-2-6-13(14)15/h2-3,6-7,12H,4-5,9-11H2,1H3. The Kier molecular flexibility index (Phi) is 4.16. The molecule has 0 aromatic heterocycles. The highest BCUT2D eigenvalue weighted by Crippen LogP contribution is 2.24. The maximum Gasteiger partial charge on any atom is 0.146 e. The number of benzene rings is 1. The van der Waals surface area contributed by atoms with Gasteiger partial charge in [0, 0.05) is 19.1 Å². The van der Waals surface area contributed by atoms with Gasteiger partial charge in [0.05, 0.1) is 18.3 Å². The summed E-state index contributed by atoms with van der Waals surface area (Å²) in [4.78, 5) is 4.13. The maximum atomic E-state index is 13.7. The number of nitriles is 1. The van der Waals surface area contributed by atoms with Crippen LogP contribution in [0.4, 0.5) is 10.1 Å². The third kappa shape index (κ3) is 2.80. The second kappa shape index (κ2) is 5.83. The van der Waals surface area contributed by atoms with Crippen LogP contribution >= 0.6 is 0 Å². The average molecular weight is 247 g/mol. The monoisotopic (exact) mass is 247 g/mol. The number of para-hydroxylation sites is 1. The Balaban J connectivity index is 2.08. The molecule has 1 aromatic rings. The van der Waals surface area contributed by atoms with Gasteiger partial charge in [-0.15, -0.1) is 0 Å². The molecule has 96 valence electrons. The van der Waals surface area contributed by atoms with Crippen LogP contribution in [0, 0.1) is 17.1 Å². The Labute approximate surface area is 107 Å². The second-order valence-electron chi connectivity index (χ2n) is 4.77. The lowest BCUT2D eigenvalue weighted by molar-refractivity contribution is 0.237. The fourth-order valence-electron chi connectivity index (χ4n) is 2.48. The van der Waals surface area contributed by atoms with E-state index in [0.717, 1.165) is 25.9 Å². The molecule has 1 atom stereocenters. The molecule has 1 aromatic carbocycles. The predicted octanol–water partition coefficient (Wildman–Crippen LogP) is 2.25. The van der Waals surface area contributed by atoms with E-state index in [2.05, 4.69) is 11.0 Å². The summed E-state index contributed by atoms with van der Waals surface area (Å²) in [6, 6.07) is 9.39. The summed E-state index contributed by atoms with van der Waals surface area (Å²) in [6.45, 7) is 2.10. The number of hydrogen-bond donors (Lipinski definition) is 0. The minimum atomic E-state index is -0.166. The van der Waals surface area contributed by atoms with Crippen molar-refractivity contribution >= 4 is 5.69 Å². The molecule has 1 fully saturated rings. The molecule has 1 unspecified atom stereocenters. The van der Waals surface area contributed by atoms with Crippen molar-refractivity contribution in [3.63, 3.8) is 0 Å². The first-order valence-corrected chi connectivity index (χ1v) is 6.29. The van der Waals surface area contributed by atoms with Gasteiger partial charge in [-0.2, -0.15) is 5.26 Å². The number of halogens is 1. The van der Waals surface area contributed by atoms with Crippen molar-refractivity contribution in [1.29, 1.82) is 5.26 Å². The van der Waals surface area contributed by atoms with Gasteiger partial charge in [-0.25, -0.2) is 4.39 Å². The van der Waals surface area contributed by atoms with Crippen molar-refractivity contribution in [3.05, 3.63) is 30.1 Å². The molecule has 0 amide bonds. The quantitative estimate of drug-likeness (QED) is 0.767. The topological polar surface area (TPSA) is 30.3 Å². The largest absolute Gasteiger partial charge is 0.368 e. The summed E-state index contributed by atoms with van der Waals surface area (Å²) < 4.78 is 13.7. The van der Waals surface area contributed by atoms with E-state index in [4.69, 9.17) is 5.26 Å². The zero-order valence-electron chi connectivity index (χ0n) is 10.6. The summed E-state index contributed by atoms with van der Waals surface area (Å²) in [5.41, 5.74) is 0.674. The zero-order valence-corrected chi connectivity index (χ0v) is 10.6. The first-order valence-electron chi connectivity index (χ1n) is 6.29. The third-order valence-corrected chi connectivity index (χ3v) is 3.53. The molecule has 0 N–H and O–H groups in total. The third-order valence-electron chi connectivity index (χ3n) is 3.53. The molecule has 2 rings (SSSR count). The van der Waals surface area contributed by atoms with Crippen LogP contribution in [0.15, 0.2) is 24.3 Å². The predicted molar refractivity (Wildman–Crippen MR) is 69.9 cm³/mol. The highest BCUT2D eigenvalue weighted by Gasteiger charge is 2.24. The lowest BCUT2D eigenvalue weighted by Gasteiger charge is -2.38. The van der Waals surface area contributed by atoms with Crippen molar-refractivity contribution in [1.82, 2.24) is 4.90 Å². The summed E-state index contributed by atoms with van der Waals surface area (Å²) in [5, 5.41) is 8.73. The molecule has 0 aliphatic carbocycles. The Morgan fingerprint density at radius 3 is 3.00 bits per heavy atom. The minimum Gasteiger partial charge on any atom is -0.368 e. The number of piperidine rings is 1. The molecule has 0 spiro atoms. The van der Waals surface area contributed by atoms with Crippen LogP contribution < -0.4 is 4.90 Å². The normalized spacial score (nSPS) is 19.9. The number of anilines is 1. The van der Waals surface area contributed by atoms with Crippen LogP contribution in [0.1, 0.15) is 12.8 Å². The van der Waals surface area contributed by atoms with Gasteiger partial charge in [0.25, 0.3) is 0 Å². The number of likely N-dealkylation sites (N-methyl/N-ethyl adjacent to an activating group) is 1. The van der Waals surface area contributed by atoms with Gasteiger partial charge in [0.2, 0.25) is 0 Å². The second-order valence-corrected chi connectivity index (χ2v) is 4.77. The number of hydrogen-bond acceptors (Lipinski definition) is 3. The molecule has 18 heavy (non-hydrogen) atoms. The smallest absolute Gasteiger partial charge is 0.146 e. The molecule has 1 heterocycles. The van der Waals surface area contributed by atoms with Gasteiger partial charge in [-0.1, -0.05) is 12.1 Å². The highest BCUT2D eigenvalue weighted by molar-refractivity contribution is 5.48. The summed E-state index contributed by atoms with van der Waals surface area (Å²) in [7, 11) is 1.96. The highest BCUT2D eigenvalue weighted by atomic mass is 19.1. The van der Waals surface area contributed by atoms with Crippen molar-refractivity contribution in [3.8, 4) is 6.07 Å². The fraction of sp³-hybridized carbons (Fsp3) is 0.500. The Hall–Kier alpha value is -1.60. The van der Waals surface area contributed by atoms with E-state index in [0.29, 0.717) is 18.3 Å². The molecular weight excluding hydrogens is 229 g/mol. The van der Waals surface area contributed by atoms with E-state index in [9.17, 15) is 4.39 Å². The molecule has 1 aliphatic rings. The van der Waals surface area contributed by atoms with Crippen molar-refractivity contribution in [2.45, 2.75) is 18.9 Å². The fourth-order valence-corrected chi connectivity index (χ4v) is 2.48. The van der Waals surface area contributed by atoms with E-state index in [-0.39, 0.29) is 5.82 Å². The molecule has 1 aliphatic heterocycles. The van der Waals surface area contributed by atoms with Crippen LogP contribution in [-0.4, -0.2) is 37.6 Å². The molecule has 4 heteroatoms. The SMILES string of the molecule is CN(CC#N)C1CCCN(c2ccccc2F)C1. The maximum absolute atomic E-state index is 13.7. The van der Waals surface area contributed by atoms with E-state index in [1.54, 1.807) is 6.07 Å². The molecule has 3 nitrogen and oxygen atoms in total. The zero-order chi connectivity index (χ0) is 13.0. The summed E-state index contributed by atoms with van der Waals surface area (Å²) >= 11 is 0. The van der Waals surface area contributed by atoms with Crippen LogP contribution in [-0.2, 0) is 0 Å². The van der Waals surface area contributed by atoms with Gasteiger partial charge in [-0.3, -0.25) is 4.90 Å². The molecule has 0 saturated carbocycles. The molecular formula is C14H18FN3. The first kappa shape index (κ1) is 12.8. The van der Waals surface area contributed by atoms with Gasteiger partial charge in [0.1, 0.15) is 5.82 Å². The lowest BCUT2D eigenvalue weighted by atomic mass is 10.0. The Bertz CT molecular complexity index is 441. The van der Waals surface area contributed by atoms with Gasteiger partial charge >= 0.3 is 0 Å². The van der Waals surface area contributed by atoms with Crippen LogP contribution in [0.25, 0.3) is 0 Å². The van der Waals surface area contributed by atoms with Crippen LogP contribution in [0.5, 0.6) is 0 Å². The van der Waals surface area contributed by atoms with Crippen molar-refractivity contribution in [2.24, 2.45) is 0 Å². The molecule has 0 bridgehead atoms. The van der Waals surface area contributed by atoms with Gasteiger partial charge in [0.15, 0.2) is 0 Å². The van der Waals surface area contributed by atoms with Gasteiger partial charge in [-0.05, 0) is 32.0 Å². The van der Waals surface area contributed by atoms with E-state index < -0.39 is 0 Å². The van der Waals surface area contributed by atoms with E-state index in [1.165, 1.54) is 6.07 Å².